The van der Waals surface area contributed by atoms with Gasteiger partial charge < -0.3 is 20.7 Å². The molecule has 0 aromatic heterocycles. The molecule has 1 heterocycles. The highest BCUT2D eigenvalue weighted by Gasteiger charge is 2.47. The van der Waals surface area contributed by atoms with Crippen LogP contribution in [0.1, 0.15) is 51.9 Å². The van der Waals surface area contributed by atoms with Gasteiger partial charge in [-0.15, -0.1) is 0 Å². The predicted molar refractivity (Wildman–Crippen MR) is 97.9 cm³/mol. The average Bonchev–Trinajstić information content (AvgIpc) is 3.09. The van der Waals surface area contributed by atoms with Crippen molar-refractivity contribution in [3.63, 3.8) is 0 Å². The van der Waals surface area contributed by atoms with Crippen LogP contribution < -0.4 is 5.73 Å². The molecule has 0 spiro atoms. The van der Waals surface area contributed by atoms with Gasteiger partial charge in [-0.1, -0.05) is 50.5 Å². The summed E-state index contributed by atoms with van der Waals surface area (Å²) in [4.78, 5) is 0. The fourth-order valence-electron chi connectivity index (χ4n) is 3.94. The van der Waals surface area contributed by atoms with Crippen LogP contribution in [0.5, 0.6) is 0 Å². The van der Waals surface area contributed by atoms with Crippen LogP contribution in [0, 0.1) is 11.8 Å². The van der Waals surface area contributed by atoms with Crippen LogP contribution in [0.2, 0.25) is 0 Å². The summed E-state index contributed by atoms with van der Waals surface area (Å²) in [5, 5.41) is 20.3. The molecule has 4 nitrogen and oxygen atoms in total. The first kappa shape index (κ1) is 21.5. The van der Waals surface area contributed by atoms with Crippen LogP contribution in [0.4, 0.5) is 8.78 Å². The summed E-state index contributed by atoms with van der Waals surface area (Å²) in [6.45, 7) is 1.47. The summed E-state index contributed by atoms with van der Waals surface area (Å²) in [6.07, 6.45) is 10.4. The number of allylic oxidation sites excluding steroid dienone is 1. The molecule has 1 aliphatic carbocycles. The summed E-state index contributed by atoms with van der Waals surface area (Å²) in [6, 6.07) is 0. The molecule has 0 bridgehead atoms. The van der Waals surface area contributed by atoms with Crippen molar-refractivity contribution < 1.29 is 23.7 Å². The maximum Gasteiger partial charge on any atom is 0.263 e. The van der Waals surface area contributed by atoms with Crippen LogP contribution in [0.15, 0.2) is 24.3 Å². The summed E-state index contributed by atoms with van der Waals surface area (Å²) in [7, 11) is 0. The number of hydrogen-bond donors (Lipinski definition) is 3. The summed E-state index contributed by atoms with van der Waals surface area (Å²) >= 11 is 0. The van der Waals surface area contributed by atoms with Crippen molar-refractivity contribution in [2.45, 2.75) is 82.2 Å². The first-order chi connectivity index (χ1) is 12.4. The zero-order chi connectivity index (χ0) is 19.2. The van der Waals surface area contributed by atoms with E-state index in [1.54, 1.807) is 12.2 Å². The molecule has 2 aliphatic rings. The number of fused-ring (bicyclic) bond motifs is 1. The smallest absolute Gasteiger partial charge is 0.263 e. The van der Waals surface area contributed by atoms with Crippen LogP contribution in [0.25, 0.3) is 0 Å². The molecule has 1 unspecified atom stereocenters. The molecule has 0 aromatic rings. The zero-order valence-corrected chi connectivity index (χ0v) is 15.6. The zero-order valence-electron chi connectivity index (χ0n) is 15.6. The maximum atomic E-state index is 13.2. The lowest BCUT2D eigenvalue weighted by atomic mass is 9.89. The lowest BCUT2D eigenvalue weighted by molar-refractivity contribution is 0.0136. The lowest BCUT2D eigenvalue weighted by Crippen LogP contribution is -2.26. The van der Waals surface area contributed by atoms with E-state index in [9.17, 15) is 19.0 Å². The largest absolute Gasteiger partial charge is 0.392 e. The normalized spacial score (nSPS) is 33.4. The van der Waals surface area contributed by atoms with E-state index >= 15 is 0 Å². The van der Waals surface area contributed by atoms with E-state index < -0.39 is 24.7 Å². The molecule has 150 valence electrons. The SMILES string of the molecule is CCCCC[C@H](O)C=C[C@H]1[C@H](O)CC2O[C@H](C=CCC(F)(F)CN)C[C@@H]21. The Morgan fingerprint density at radius 3 is 2.73 bits per heavy atom. The van der Waals surface area contributed by atoms with Crippen molar-refractivity contribution in [2.24, 2.45) is 17.6 Å². The Hall–Kier alpha value is -0.820. The van der Waals surface area contributed by atoms with E-state index in [1.165, 1.54) is 6.08 Å². The molecular weight excluding hydrogens is 340 g/mol. The summed E-state index contributed by atoms with van der Waals surface area (Å²) in [5.74, 6) is -2.76. The molecule has 0 radical (unpaired) electrons. The number of alkyl halides is 2. The van der Waals surface area contributed by atoms with Gasteiger partial charge in [0.2, 0.25) is 0 Å². The molecule has 1 saturated carbocycles. The van der Waals surface area contributed by atoms with E-state index in [0.29, 0.717) is 12.8 Å². The van der Waals surface area contributed by atoms with Crippen LogP contribution in [-0.4, -0.2) is 47.1 Å². The topological polar surface area (TPSA) is 75.7 Å². The minimum atomic E-state index is -2.87. The van der Waals surface area contributed by atoms with Gasteiger partial charge in [0, 0.05) is 18.8 Å². The van der Waals surface area contributed by atoms with E-state index in [2.05, 4.69) is 6.92 Å². The van der Waals surface area contributed by atoms with Crippen molar-refractivity contribution >= 4 is 0 Å². The van der Waals surface area contributed by atoms with Crippen molar-refractivity contribution in [3.8, 4) is 0 Å². The highest BCUT2D eigenvalue weighted by molar-refractivity contribution is 5.09. The minimum absolute atomic E-state index is 0.0512. The average molecular weight is 373 g/mol. The van der Waals surface area contributed by atoms with E-state index in [0.717, 1.165) is 25.7 Å². The number of aliphatic hydroxyl groups excluding tert-OH is 2. The number of unbranched alkanes of at least 4 members (excludes halogenated alkanes) is 2. The Kier molecular flexibility index (Phi) is 8.20. The molecule has 1 saturated heterocycles. The third kappa shape index (κ3) is 6.12. The van der Waals surface area contributed by atoms with Gasteiger partial charge in [-0.05, 0) is 18.8 Å². The van der Waals surface area contributed by atoms with Gasteiger partial charge in [0.15, 0.2) is 0 Å². The first-order valence-corrected chi connectivity index (χ1v) is 9.80. The van der Waals surface area contributed by atoms with Crippen LogP contribution in [0.3, 0.4) is 0 Å². The van der Waals surface area contributed by atoms with Crippen LogP contribution >= 0.6 is 0 Å². The summed E-state index contributed by atoms with van der Waals surface area (Å²) < 4.78 is 32.3. The fourth-order valence-corrected chi connectivity index (χ4v) is 3.94. The van der Waals surface area contributed by atoms with Crippen molar-refractivity contribution in [1.29, 1.82) is 0 Å². The number of rotatable bonds is 10. The molecule has 2 fully saturated rings. The molecular formula is C20H33F2NO3. The second kappa shape index (κ2) is 9.93. The standard InChI is InChI=1S/C20H33F2NO3/c1-2-3-4-6-14(24)8-9-16-17-11-15(26-19(17)12-18(16)25)7-5-10-20(21,22)13-23/h5,7-9,14-19,24-25H,2-4,6,10-13,23H2,1H3/t14-,15+,16+,17+,18+,19?/m0/s1. The van der Waals surface area contributed by atoms with Gasteiger partial charge in [0.25, 0.3) is 5.92 Å². The number of nitrogens with two attached hydrogens (primary N) is 1. The molecule has 6 atom stereocenters. The highest BCUT2D eigenvalue weighted by Crippen LogP contribution is 2.44. The van der Waals surface area contributed by atoms with Gasteiger partial charge >= 0.3 is 0 Å². The third-order valence-electron chi connectivity index (χ3n) is 5.47. The molecule has 1 aliphatic heterocycles. The quantitative estimate of drug-likeness (QED) is 0.406. The Morgan fingerprint density at radius 1 is 1.27 bits per heavy atom. The summed E-state index contributed by atoms with van der Waals surface area (Å²) in [5.41, 5.74) is 5.03. The van der Waals surface area contributed by atoms with Gasteiger partial charge in [0.05, 0.1) is 31.0 Å². The highest BCUT2D eigenvalue weighted by atomic mass is 19.3. The molecule has 6 heteroatoms. The van der Waals surface area contributed by atoms with E-state index in [4.69, 9.17) is 10.5 Å². The number of halogens is 2. The molecule has 0 amide bonds. The predicted octanol–water partition coefficient (Wildman–Crippen LogP) is 3.18. The first-order valence-electron chi connectivity index (χ1n) is 9.80. The maximum absolute atomic E-state index is 13.2. The molecule has 2 rings (SSSR count). The monoisotopic (exact) mass is 373 g/mol. The fraction of sp³-hybridized carbons (Fsp3) is 0.800. The van der Waals surface area contributed by atoms with E-state index in [-0.39, 0.29) is 30.5 Å². The van der Waals surface area contributed by atoms with Crippen molar-refractivity contribution in [2.75, 3.05) is 6.54 Å². The minimum Gasteiger partial charge on any atom is -0.392 e. The molecule has 4 N–H and O–H groups in total. The number of hydrogen-bond acceptors (Lipinski definition) is 4. The molecule has 26 heavy (non-hydrogen) atoms. The number of aliphatic hydroxyl groups is 2. The Balaban J connectivity index is 1.85. The second-order valence-corrected chi connectivity index (χ2v) is 7.63. The Bertz CT molecular complexity index is 484. The molecule has 0 aromatic carbocycles. The number of ether oxygens (including phenoxy) is 1. The van der Waals surface area contributed by atoms with Crippen LogP contribution in [-0.2, 0) is 4.74 Å². The Morgan fingerprint density at radius 2 is 2.04 bits per heavy atom. The van der Waals surface area contributed by atoms with Gasteiger partial charge in [-0.3, -0.25) is 0 Å². The van der Waals surface area contributed by atoms with Crippen molar-refractivity contribution in [1.82, 2.24) is 0 Å². The third-order valence-corrected chi connectivity index (χ3v) is 5.47. The Labute approximate surface area is 155 Å². The second-order valence-electron chi connectivity index (χ2n) is 7.63. The lowest BCUT2D eigenvalue weighted by Gasteiger charge is -2.17. The van der Waals surface area contributed by atoms with Gasteiger partial charge in [-0.2, -0.15) is 0 Å². The van der Waals surface area contributed by atoms with Gasteiger partial charge in [-0.25, -0.2) is 8.78 Å². The van der Waals surface area contributed by atoms with E-state index in [1.807, 2.05) is 6.08 Å². The van der Waals surface area contributed by atoms with Crippen molar-refractivity contribution in [3.05, 3.63) is 24.3 Å². The van der Waals surface area contributed by atoms with Gasteiger partial charge in [0.1, 0.15) is 0 Å².